The van der Waals surface area contributed by atoms with E-state index in [0.29, 0.717) is 11.4 Å². The minimum Gasteiger partial charge on any atom is -0.326 e. The predicted octanol–water partition coefficient (Wildman–Crippen LogP) is 3.62. The number of hydrogen-bond acceptors (Lipinski definition) is 3. The van der Waals surface area contributed by atoms with Gasteiger partial charge in [0.15, 0.2) is 0 Å². The molecule has 1 atom stereocenters. The Morgan fingerprint density at radius 1 is 1.04 bits per heavy atom. The molecule has 0 radical (unpaired) electrons. The van der Waals surface area contributed by atoms with Crippen molar-refractivity contribution in [1.82, 2.24) is 0 Å². The monoisotopic (exact) mass is 339 g/mol. The average Bonchev–Trinajstić information content (AvgIpc) is 2.58. The summed E-state index contributed by atoms with van der Waals surface area (Å²) in [5, 5.41) is 5.72. The van der Waals surface area contributed by atoms with E-state index < -0.39 is 0 Å². The molecule has 0 bridgehead atoms. The van der Waals surface area contributed by atoms with E-state index in [1.54, 1.807) is 6.07 Å². The average molecular weight is 339 g/mol. The van der Waals surface area contributed by atoms with Crippen LogP contribution in [0.2, 0.25) is 0 Å². The number of benzene rings is 2. The van der Waals surface area contributed by atoms with Crippen molar-refractivity contribution in [3.8, 4) is 0 Å². The highest BCUT2D eigenvalue weighted by Gasteiger charge is 2.13. The van der Waals surface area contributed by atoms with E-state index in [-0.39, 0.29) is 30.2 Å². The summed E-state index contributed by atoms with van der Waals surface area (Å²) < 4.78 is 0. The Morgan fingerprint density at radius 3 is 2.36 bits per heavy atom. The number of nitrogens with one attached hydrogen (secondary N) is 2. The second-order valence-corrected chi connectivity index (χ2v) is 6.44. The molecule has 0 aliphatic heterocycles. The lowest BCUT2D eigenvalue weighted by molar-refractivity contribution is -0.119. The zero-order valence-corrected chi connectivity index (χ0v) is 14.9. The van der Waals surface area contributed by atoms with E-state index in [9.17, 15) is 9.59 Å². The van der Waals surface area contributed by atoms with Crippen molar-refractivity contribution >= 4 is 23.2 Å². The molecule has 0 aromatic heterocycles. The fraction of sp³-hybridized carbons (Fsp3) is 0.300. The Hall–Kier alpha value is -2.66. The number of carbonyl (C=O) groups excluding carboxylic acids is 2. The third kappa shape index (κ3) is 5.43. The van der Waals surface area contributed by atoms with Gasteiger partial charge in [-0.25, -0.2) is 0 Å². The summed E-state index contributed by atoms with van der Waals surface area (Å²) in [5.41, 5.74) is 9.28. The van der Waals surface area contributed by atoms with Gasteiger partial charge < -0.3 is 16.4 Å². The van der Waals surface area contributed by atoms with Crippen LogP contribution in [0.3, 0.4) is 0 Å². The number of amides is 2. The van der Waals surface area contributed by atoms with E-state index >= 15 is 0 Å². The number of aryl methyl sites for hydroxylation is 1. The van der Waals surface area contributed by atoms with Crippen LogP contribution >= 0.6 is 0 Å². The standard InChI is InChI=1S/C20H25N3O2/c1-13(2)20(25)22-16-10-9-14(3)18(11-16)23-19(24)12-17(21)15-7-5-4-6-8-15/h4-11,13,17H,12,21H2,1-3H3,(H,22,25)(H,23,24). The van der Waals surface area contributed by atoms with Gasteiger partial charge >= 0.3 is 0 Å². The first-order valence-electron chi connectivity index (χ1n) is 8.38. The van der Waals surface area contributed by atoms with Gasteiger partial charge in [-0.05, 0) is 30.2 Å². The first-order chi connectivity index (χ1) is 11.9. The van der Waals surface area contributed by atoms with Crippen LogP contribution in [0.5, 0.6) is 0 Å². The zero-order valence-electron chi connectivity index (χ0n) is 14.9. The Kier molecular flexibility index (Phi) is 6.31. The van der Waals surface area contributed by atoms with Crippen LogP contribution in [0.25, 0.3) is 0 Å². The molecule has 0 saturated heterocycles. The van der Waals surface area contributed by atoms with Crippen LogP contribution in [-0.4, -0.2) is 11.8 Å². The molecule has 5 nitrogen and oxygen atoms in total. The minimum atomic E-state index is -0.356. The van der Waals surface area contributed by atoms with Crippen LogP contribution in [0.15, 0.2) is 48.5 Å². The second-order valence-electron chi connectivity index (χ2n) is 6.44. The van der Waals surface area contributed by atoms with Gasteiger partial charge in [-0.2, -0.15) is 0 Å². The van der Waals surface area contributed by atoms with Crippen LogP contribution in [0, 0.1) is 12.8 Å². The van der Waals surface area contributed by atoms with Gasteiger partial charge in [0.05, 0.1) is 0 Å². The van der Waals surface area contributed by atoms with Gasteiger partial charge in [-0.3, -0.25) is 9.59 Å². The summed E-state index contributed by atoms with van der Waals surface area (Å²) >= 11 is 0. The van der Waals surface area contributed by atoms with Crippen LogP contribution < -0.4 is 16.4 Å². The topological polar surface area (TPSA) is 84.2 Å². The van der Waals surface area contributed by atoms with Crippen LogP contribution in [-0.2, 0) is 9.59 Å². The molecule has 4 N–H and O–H groups in total. The molecule has 1 unspecified atom stereocenters. The smallest absolute Gasteiger partial charge is 0.226 e. The summed E-state index contributed by atoms with van der Waals surface area (Å²) in [6, 6.07) is 14.6. The molecule has 0 aliphatic carbocycles. The molecule has 0 spiro atoms. The maximum Gasteiger partial charge on any atom is 0.226 e. The minimum absolute atomic E-state index is 0.0628. The molecule has 0 heterocycles. The van der Waals surface area contributed by atoms with E-state index in [4.69, 9.17) is 5.73 Å². The Bertz CT molecular complexity index is 742. The van der Waals surface area contributed by atoms with Gasteiger partial charge in [0.25, 0.3) is 0 Å². The molecule has 0 fully saturated rings. The van der Waals surface area contributed by atoms with Crippen LogP contribution in [0.4, 0.5) is 11.4 Å². The second kappa shape index (κ2) is 8.44. The van der Waals surface area contributed by atoms with Crippen molar-refractivity contribution < 1.29 is 9.59 Å². The molecule has 2 aromatic carbocycles. The van der Waals surface area contributed by atoms with Crippen molar-refractivity contribution in [2.24, 2.45) is 11.7 Å². The quantitative estimate of drug-likeness (QED) is 0.751. The summed E-state index contributed by atoms with van der Waals surface area (Å²) in [6.45, 7) is 5.56. The lowest BCUT2D eigenvalue weighted by atomic mass is 10.0. The Balaban J connectivity index is 2.03. The van der Waals surface area contributed by atoms with Crippen LogP contribution in [0.1, 0.15) is 37.4 Å². The molecule has 2 amide bonds. The summed E-state index contributed by atoms with van der Waals surface area (Å²) in [6.07, 6.45) is 0.187. The van der Waals surface area contributed by atoms with Crippen molar-refractivity contribution in [2.75, 3.05) is 10.6 Å². The lowest BCUT2D eigenvalue weighted by Gasteiger charge is -2.15. The van der Waals surface area contributed by atoms with Crippen molar-refractivity contribution in [1.29, 1.82) is 0 Å². The van der Waals surface area contributed by atoms with E-state index in [2.05, 4.69) is 10.6 Å². The first-order valence-corrected chi connectivity index (χ1v) is 8.38. The van der Waals surface area contributed by atoms with E-state index in [1.807, 2.05) is 63.2 Å². The van der Waals surface area contributed by atoms with E-state index in [0.717, 1.165) is 11.1 Å². The number of rotatable bonds is 6. The van der Waals surface area contributed by atoms with Gasteiger partial charge in [0, 0.05) is 29.8 Å². The van der Waals surface area contributed by atoms with Crippen molar-refractivity contribution in [3.63, 3.8) is 0 Å². The zero-order chi connectivity index (χ0) is 18.4. The number of carbonyl (C=O) groups is 2. The van der Waals surface area contributed by atoms with Gasteiger partial charge in [-0.15, -0.1) is 0 Å². The van der Waals surface area contributed by atoms with Gasteiger partial charge in [0.2, 0.25) is 11.8 Å². The number of nitrogens with two attached hydrogens (primary N) is 1. The maximum atomic E-state index is 12.3. The van der Waals surface area contributed by atoms with Crippen molar-refractivity contribution in [2.45, 2.75) is 33.2 Å². The van der Waals surface area contributed by atoms with Crippen molar-refractivity contribution in [3.05, 3.63) is 59.7 Å². The summed E-state index contributed by atoms with van der Waals surface area (Å²) in [4.78, 5) is 24.1. The molecule has 2 rings (SSSR count). The lowest BCUT2D eigenvalue weighted by Crippen LogP contribution is -2.21. The summed E-state index contributed by atoms with van der Waals surface area (Å²) in [7, 11) is 0. The molecular weight excluding hydrogens is 314 g/mol. The fourth-order valence-corrected chi connectivity index (χ4v) is 2.34. The number of hydrogen-bond donors (Lipinski definition) is 3. The summed E-state index contributed by atoms with van der Waals surface area (Å²) in [5.74, 6) is -0.331. The highest BCUT2D eigenvalue weighted by Crippen LogP contribution is 2.22. The molecule has 2 aromatic rings. The molecule has 0 saturated carbocycles. The van der Waals surface area contributed by atoms with Gasteiger partial charge in [0.1, 0.15) is 0 Å². The predicted molar refractivity (Wildman–Crippen MR) is 101 cm³/mol. The van der Waals surface area contributed by atoms with Gasteiger partial charge in [-0.1, -0.05) is 50.2 Å². The third-order valence-corrected chi connectivity index (χ3v) is 3.94. The molecule has 5 heteroatoms. The highest BCUT2D eigenvalue weighted by molar-refractivity contribution is 5.95. The SMILES string of the molecule is Cc1ccc(NC(=O)C(C)C)cc1NC(=O)CC(N)c1ccccc1. The maximum absolute atomic E-state index is 12.3. The Labute approximate surface area is 148 Å². The third-order valence-electron chi connectivity index (χ3n) is 3.94. The molecule has 25 heavy (non-hydrogen) atoms. The highest BCUT2D eigenvalue weighted by atomic mass is 16.2. The normalized spacial score (nSPS) is 11.9. The Morgan fingerprint density at radius 2 is 1.72 bits per heavy atom. The molecule has 132 valence electrons. The fourth-order valence-electron chi connectivity index (χ4n) is 2.34. The molecular formula is C20H25N3O2. The van der Waals surface area contributed by atoms with E-state index in [1.165, 1.54) is 0 Å². The number of anilines is 2. The molecule has 0 aliphatic rings. The first kappa shape index (κ1) is 18.7. The largest absolute Gasteiger partial charge is 0.326 e.